The minimum atomic E-state index is -0.442. The number of benzene rings is 2. The molecule has 0 aromatic heterocycles. The Kier molecular flexibility index (Phi) is 4.48. The maximum Gasteiger partial charge on any atom is 0.272 e. The van der Waals surface area contributed by atoms with E-state index in [1.54, 1.807) is 36.4 Å². The lowest BCUT2D eigenvalue weighted by Crippen LogP contribution is -2.18. The first kappa shape index (κ1) is 14.2. The molecule has 0 fully saturated rings. The minimum absolute atomic E-state index is 0.294. The van der Waals surface area contributed by atoms with Gasteiger partial charge in [0.05, 0.1) is 16.8 Å². The lowest BCUT2D eigenvalue weighted by atomic mass is 10.1. The minimum Gasteiger partial charge on any atom is -0.267 e. The van der Waals surface area contributed by atoms with Gasteiger partial charge in [0.2, 0.25) is 0 Å². The molecule has 2 rings (SSSR count). The molecule has 0 spiro atoms. The zero-order valence-electron chi connectivity index (χ0n) is 10.7. The number of rotatable bonds is 3. The van der Waals surface area contributed by atoms with Gasteiger partial charge in [0.15, 0.2) is 0 Å². The molecule has 0 bridgehead atoms. The number of nitrogens with one attached hydrogen (secondary N) is 1. The van der Waals surface area contributed by atoms with Crippen LogP contribution in [-0.2, 0) is 0 Å². The molecule has 0 saturated carbocycles. The molecule has 0 aliphatic heterocycles. The Labute approximate surface area is 121 Å². The van der Waals surface area contributed by atoms with Gasteiger partial charge in [-0.05, 0) is 30.7 Å². The molecule has 2 aromatic carbocycles. The lowest BCUT2D eigenvalue weighted by molar-refractivity contribution is 0.0955. The van der Waals surface area contributed by atoms with Crippen LogP contribution in [0.2, 0.25) is 5.02 Å². The number of nitrogens with zero attached hydrogens (tertiary/aromatic N) is 1. The van der Waals surface area contributed by atoms with Gasteiger partial charge in [0.1, 0.15) is 5.82 Å². The quantitative estimate of drug-likeness (QED) is 0.681. The first-order valence-corrected chi connectivity index (χ1v) is 6.30. The van der Waals surface area contributed by atoms with Crippen molar-refractivity contribution in [2.24, 2.45) is 5.10 Å². The predicted molar refractivity (Wildman–Crippen MR) is 77.6 cm³/mol. The number of hydrogen-bond acceptors (Lipinski definition) is 2. The summed E-state index contributed by atoms with van der Waals surface area (Å²) in [4.78, 5) is 11.8. The number of halogens is 2. The Hall–Kier alpha value is -2.20. The number of hydrogen-bond donors (Lipinski definition) is 1. The van der Waals surface area contributed by atoms with Crippen molar-refractivity contribution in [1.29, 1.82) is 0 Å². The van der Waals surface area contributed by atoms with Gasteiger partial charge in [0.25, 0.3) is 5.91 Å². The van der Waals surface area contributed by atoms with Gasteiger partial charge < -0.3 is 0 Å². The van der Waals surface area contributed by atoms with Gasteiger partial charge in [-0.15, -0.1) is 0 Å². The van der Waals surface area contributed by atoms with E-state index in [0.717, 1.165) is 5.56 Å². The molecule has 0 heterocycles. The monoisotopic (exact) mass is 290 g/mol. The zero-order chi connectivity index (χ0) is 14.5. The van der Waals surface area contributed by atoms with E-state index in [9.17, 15) is 9.18 Å². The molecule has 102 valence electrons. The van der Waals surface area contributed by atoms with Crippen LogP contribution in [0.15, 0.2) is 47.6 Å². The van der Waals surface area contributed by atoms with Crippen molar-refractivity contribution in [2.45, 2.75) is 6.92 Å². The van der Waals surface area contributed by atoms with Crippen LogP contribution in [0.5, 0.6) is 0 Å². The standard InChI is InChI=1S/C15H12ClFN2O/c1-10-6-7-12(13(16)8-10)15(20)19-18-9-11-4-2-3-5-14(11)17/h2-9H,1H3,(H,19,20). The third-order valence-electron chi connectivity index (χ3n) is 2.64. The Balaban J connectivity index is 2.07. The number of amides is 1. The SMILES string of the molecule is Cc1ccc(C(=O)NN=Cc2ccccc2F)c(Cl)c1. The van der Waals surface area contributed by atoms with Gasteiger partial charge in [-0.2, -0.15) is 5.10 Å². The van der Waals surface area contributed by atoms with E-state index in [4.69, 9.17) is 11.6 Å². The van der Waals surface area contributed by atoms with Gasteiger partial charge >= 0.3 is 0 Å². The Morgan fingerprint density at radius 2 is 2.05 bits per heavy atom. The third-order valence-corrected chi connectivity index (χ3v) is 2.96. The summed E-state index contributed by atoms with van der Waals surface area (Å²) in [5, 5.41) is 4.07. The van der Waals surface area contributed by atoms with E-state index in [1.165, 1.54) is 12.3 Å². The summed E-state index contributed by atoms with van der Waals surface area (Å²) >= 11 is 5.97. The number of carbonyl (C=O) groups excluding carboxylic acids is 1. The second kappa shape index (κ2) is 6.30. The molecule has 5 heteroatoms. The van der Waals surface area contributed by atoms with Crippen LogP contribution in [-0.4, -0.2) is 12.1 Å². The van der Waals surface area contributed by atoms with Gasteiger partial charge in [-0.25, -0.2) is 9.82 Å². The van der Waals surface area contributed by atoms with Crippen molar-refractivity contribution in [1.82, 2.24) is 5.43 Å². The van der Waals surface area contributed by atoms with Crippen LogP contribution in [0, 0.1) is 12.7 Å². The van der Waals surface area contributed by atoms with E-state index < -0.39 is 11.7 Å². The molecule has 0 saturated heterocycles. The highest BCUT2D eigenvalue weighted by atomic mass is 35.5. The second-order valence-corrected chi connectivity index (χ2v) is 4.61. The maximum absolute atomic E-state index is 13.3. The fraction of sp³-hybridized carbons (Fsp3) is 0.0667. The van der Waals surface area contributed by atoms with Crippen LogP contribution in [0.4, 0.5) is 4.39 Å². The third kappa shape index (κ3) is 3.42. The summed E-state index contributed by atoms with van der Waals surface area (Å²) in [5.74, 6) is -0.846. The predicted octanol–water partition coefficient (Wildman–Crippen LogP) is 3.55. The summed E-state index contributed by atoms with van der Waals surface area (Å²) in [6.45, 7) is 1.88. The summed E-state index contributed by atoms with van der Waals surface area (Å²) in [6.07, 6.45) is 1.25. The highest BCUT2D eigenvalue weighted by Gasteiger charge is 2.09. The van der Waals surface area contributed by atoms with Crippen LogP contribution in [0.25, 0.3) is 0 Å². The van der Waals surface area contributed by atoms with Crippen molar-refractivity contribution in [2.75, 3.05) is 0 Å². The molecule has 0 aliphatic carbocycles. The van der Waals surface area contributed by atoms with Crippen LogP contribution in [0.1, 0.15) is 21.5 Å². The van der Waals surface area contributed by atoms with Crippen molar-refractivity contribution >= 4 is 23.7 Å². The summed E-state index contributed by atoms with van der Waals surface area (Å²) in [5.41, 5.74) is 3.89. The second-order valence-electron chi connectivity index (χ2n) is 4.20. The van der Waals surface area contributed by atoms with Crippen LogP contribution in [0.3, 0.4) is 0 Å². The molecule has 0 radical (unpaired) electrons. The normalized spacial score (nSPS) is 10.8. The average Bonchev–Trinajstić information content (AvgIpc) is 2.40. The van der Waals surface area contributed by atoms with Crippen molar-refractivity contribution < 1.29 is 9.18 Å². The maximum atomic E-state index is 13.3. The van der Waals surface area contributed by atoms with Crippen molar-refractivity contribution in [3.8, 4) is 0 Å². The van der Waals surface area contributed by atoms with E-state index in [2.05, 4.69) is 10.5 Å². The van der Waals surface area contributed by atoms with E-state index in [0.29, 0.717) is 16.1 Å². The summed E-state index contributed by atoms with van der Waals surface area (Å²) < 4.78 is 13.3. The van der Waals surface area contributed by atoms with E-state index in [-0.39, 0.29) is 0 Å². The first-order chi connectivity index (χ1) is 9.58. The van der Waals surface area contributed by atoms with Gasteiger partial charge in [-0.3, -0.25) is 4.79 Å². The Bertz CT molecular complexity index is 671. The highest BCUT2D eigenvalue weighted by Crippen LogP contribution is 2.17. The largest absolute Gasteiger partial charge is 0.272 e. The zero-order valence-corrected chi connectivity index (χ0v) is 11.5. The van der Waals surface area contributed by atoms with Crippen LogP contribution >= 0.6 is 11.6 Å². The number of carbonyl (C=O) groups is 1. The molecular formula is C15H12ClFN2O. The van der Waals surface area contributed by atoms with E-state index >= 15 is 0 Å². The molecule has 0 aliphatic rings. The number of hydrazone groups is 1. The van der Waals surface area contributed by atoms with Crippen molar-refractivity contribution in [3.05, 3.63) is 70.0 Å². The number of aryl methyl sites for hydroxylation is 1. The fourth-order valence-electron chi connectivity index (χ4n) is 1.60. The molecule has 3 nitrogen and oxygen atoms in total. The smallest absolute Gasteiger partial charge is 0.267 e. The Morgan fingerprint density at radius 1 is 1.30 bits per heavy atom. The topological polar surface area (TPSA) is 41.5 Å². The first-order valence-electron chi connectivity index (χ1n) is 5.92. The fourth-order valence-corrected chi connectivity index (χ4v) is 1.93. The summed E-state index contributed by atoms with van der Waals surface area (Å²) in [7, 11) is 0. The van der Waals surface area contributed by atoms with Gasteiger partial charge in [-0.1, -0.05) is 35.9 Å². The van der Waals surface area contributed by atoms with Crippen LogP contribution < -0.4 is 5.43 Å². The molecule has 0 unspecified atom stereocenters. The Morgan fingerprint density at radius 3 is 2.75 bits per heavy atom. The molecule has 2 aromatic rings. The molecule has 0 atom stereocenters. The lowest BCUT2D eigenvalue weighted by Gasteiger charge is -2.03. The molecule has 20 heavy (non-hydrogen) atoms. The average molecular weight is 291 g/mol. The summed E-state index contributed by atoms with van der Waals surface area (Å²) in [6, 6.07) is 11.2. The molecule has 1 amide bonds. The molecular weight excluding hydrogens is 279 g/mol. The van der Waals surface area contributed by atoms with Crippen molar-refractivity contribution in [3.63, 3.8) is 0 Å². The highest BCUT2D eigenvalue weighted by molar-refractivity contribution is 6.33. The van der Waals surface area contributed by atoms with E-state index in [1.807, 2.05) is 6.92 Å². The molecule has 1 N–H and O–H groups in total. The van der Waals surface area contributed by atoms with Gasteiger partial charge in [0, 0.05) is 5.56 Å².